The van der Waals surface area contributed by atoms with E-state index in [0.717, 1.165) is 25.4 Å². The molecule has 16 heavy (non-hydrogen) atoms. The molecule has 0 amide bonds. The minimum absolute atomic E-state index is 0.176. The summed E-state index contributed by atoms with van der Waals surface area (Å²) in [5.41, 5.74) is 7.27. The molecule has 3 nitrogen and oxygen atoms in total. The largest absolute Gasteiger partial charge is 0.361 e. The van der Waals surface area contributed by atoms with Gasteiger partial charge < -0.3 is 15.0 Å². The first kappa shape index (κ1) is 11.7. The van der Waals surface area contributed by atoms with Crippen molar-refractivity contribution in [3.05, 3.63) is 24.0 Å². The fourth-order valence-electron chi connectivity index (χ4n) is 1.85. The molecule has 1 aliphatic rings. The lowest BCUT2D eigenvalue weighted by molar-refractivity contribution is 0.0691. The zero-order valence-electron chi connectivity index (χ0n) is 10.1. The smallest absolute Gasteiger partial charge is 0.122 e. The molecule has 0 saturated heterocycles. The van der Waals surface area contributed by atoms with Gasteiger partial charge in [0, 0.05) is 18.4 Å². The molecule has 1 fully saturated rings. The molecule has 3 heteroatoms. The van der Waals surface area contributed by atoms with Gasteiger partial charge in [-0.3, -0.25) is 0 Å². The zero-order chi connectivity index (χ0) is 11.4. The normalized spacial score (nSPS) is 17.6. The maximum absolute atomic E-state index is 6.05. The van der Waals surface area contributed by atoms with E-state index in [1.807, 2.05) is 0 Å². The molecule has 90 valence electrons. The Morgan fingerprint density at radius 2 is 2.38 bits per heavy atom. The summed E-state index contributed by atoms with van der Waals surface area (Å²) >= 11 is 0. The maximum Gasteiger partial charge on any atom is 0.122 e. The van der Waals surface area contributed by atoms with Crippen molar-refractivity contribution < 1.29 is 4.74 Å². The Bertz CT molecular complexity index is 317. The molecule has 1 aliphatic carbocycles. The molecule has 1 saturated carbocycles. The predicted molar refractivity (Wildman–Crippen MR) is 64.9 cm³/mol. The van der Waals surface area contributed by atoms with Gasteiger partial charge in [-0.2, -0.15) is 0 Å². The molecule has 0 bridgehead atoms. The van der Waals surface area contributed by atoms with Crippen molar-refractivity contribution in [3.8, 4) is 0 Å². The average molecular weight is 222 g/mol. The van der Waals surface area contributed by atoms with Crippen LogP contribution in [0.1, 0.15) is 44.2 Å². The Morgan fingerprint density at radius 1 is 1.56 bits per heavy atom. The molecule has 0 aliphatic heterocycles. The molecule has 1 aromatic heterocycles. The molecule has 0 aromatic carbocycles. The third-order valence-electron chi connectivity index (χ3n) is 3.09. The van der Waals surface area contributed by atoms with Crippen LogP contribution < -0.4 is 5.73 Å². The summed E-state index contributed by atoms with van der Waals surface area (Å²) in [7, 11) is 0. The molecule has 0 spiro atoms. The van der Waals surface area contributed by atoms with Crippen LogP contribution in [0.3, 0.4) is 0 Å². The number of nitrogens with two attached hydrogens (primary N) is 1. The van der Waals surface area contributed by atoms with Crippen molar-refractivity contribution in [3.63, 3.8) is 0 Å². The van der Waals surface area contributed by atoms with Gasteiger partial charge in [-0.15, -0.1) is 0 Å². The van der Waals surface area contributed by atoms with Crippen molar-refractivity contribution in [1.29, 1.82) is 0 Å². The van der Waals surface area contributed by atoms with E-state index in [1.165, 1.54) is 18.4 Å². The highest BCUT2D eigenvalue weighted by Gasteiger charge is 2.21. The van der Waals surface area contributed by atoms with E-state index in [1.54, 1.807) is 0 Å². The molecule has 2 N–H and O–H groups in total. The van der Waals surface area contributed by atoms with Crippen LogP contribution in [-0.2, 0) is 11.5 Å². The van der Waals surface area contributed by atoms with Gasteiger partial charge in [-0.05, 0) is 36.8 Å². The lowest BCUT2D eigenvalue weighted by atomic mass is 10.1. The van der Waals surface area contributed by atoms with E-state index in [9.17, 15) is 0 Å². The SMILES string of the molecule is CCCC(N)c1ccn(COCC2CC2)c1. The third kappa shape index (κ3) is 3.35. The number of hydrogen-bond acceptors (Lipinski definition) is 2. The van der Waals surface area contributed by atoms with Crippen molar-refractivity contribution in [2.45, 2.75) is 45.4 Å². The fourth-order valence-corrected chi connectivity index (χ4v) is 1.85. The Morgan fingerprint density at radius 3 is 3.06 bits per heavy atom. The van der Waals surface area contributed by atoms with Crippen LogP contribution >= 0.6 is 0 Å². The first-order valence-corrected chi connectivity index (χ1v) is 6.28. The van der Waals surface area contributed by atoms with Gasteiger partial charge in [0.25, 0.3) is 0 Å². The van der Waals surface area contributed by atoms with Crippen molar-refractivity contribution >= 4 is 0 Å². The molecule has 1 atom stereocenters. The van der Waals surface area contributed by atoms with Gasteiger partial charge in [-0.25, -0.2) is 0 Å². The number of ether oxygens (including phenoxy) is 1. The predicted octanol–water partition coefficient (Wildman–Crippen LogP) is 2.67. The highest BCUT2D eigenvalue weighted by Crippen LogP contribution is 2.28. The minimum atomic E-state index is 0.176. The van der Waals surface area contributed by atoms with Gasteiger partial charge in [0.05, 0.1) is 6.61 Å². The van der Waals surface area contributed by atoms with Crippen LogP contribution in [0.2, 0.25) is 0 Å². The first-order valence-electron chi connectivity index (χ1n) is 6.28. The molecule has 1 unspecified atom stereocenters. The van der Waals surface area contributed by atoms with E-state index < -0.39 is 0 Å². The second-order valence-electron chi connectivity index (χ2n) is 4.80. The van der Waals surface area contributed by atoms with Gasteiger partial charge >= 0.3 is 0 Å². The second-order valence-corrected chi connectivity index (χ2v) is 4.80. The molecule has 0 radical (unpaired) electrons. The highest BCUT2D eigenvalue weighted by molar-refractivity contribution is 5.14. The average Bonchev–Trinajstić information content (AvgIpc) is 2.95. The van der Waals surface area contributed by atoms with Crippen molar-refractivity contribution in [2.24, 2.45) is 11.7 Å². The van der Waals surface area contributed by atoms with Gasteiger partial charge in [-0.1, -0.05) is 13.3 Å². The van der Waals surface area contributed by atoms with Crippen molar-refractivity contribution in [2.75, 3.05) is 6.61 Å². The molecule has 2 rings (SSSR count). The maximum atomic E-state index is 6.05. The van der Waals surface area contributed by atoms with Gasteiger partial charge in [0.2, 0.25) is 0 Å². The Balaban J connectivity index is 1.76. The number of aromatic nitrogens is 1. The minimum Gasteiger partial charge on any atom is -0.361 e. The fraction of sp³-hybridized carbons (Fsp3) is 0.692. The molecular weight excluding hydrogens is 200 g/mol. The lowest BCUT2D eigenvalue weighted by Gasteiger charge is -2.08. The van der Waals surface area contributed by atoms with Crippen LogP contribution in [0, 0.1) is 5.92 Å². The van der Waals surface area contributed by atoms with Crippen LogP contribution in [0.5, 0.6) is 0 Å². The van der Waals surface area contributed by atoms with Crippen molar-refractivity contribution in [1.82, 2.24) is 4.57 Å². The van der Waals surface area contributed by atoms with E-state index >= 15 is 0 Å². The van der Waals surface area contributed by atoms with E-state index in [0.29, 0.717) is 6.73 Å². The Labute approximate surface area is 97.6 Å². The summed E-state index contributed by atoms with van der Waals surface area (Å²) in [6.07, 6.45) is 9.03. The first-order chi connectivity index (χ1) is 7.79. The van der Waals surface area contributed by atoms with E-state index in [2.05, 4.69) is 30.0 Å². The molecule has 1 aromatic rings. The summed E-state index contributed by atoms with van der Waals surface area (Å²) in [5.74, 6) is 0.831. The summed E-state index contributed by atoms with van der Waals surface area (Å²) in [4.78, 5) is 0. The zero-order valence-corrected chi connectivity index (χ0v) is 10.1. The summed E-state index contributed by atoms with van der Waals surface area (Å²) in [6.45, 7) is 3.74. The number of rotatable bonds is 7. The van der Waals surface area contributed by atoms with Crippen LogP contribution in [0.15, 0.2) is 18.5 Å². The number of hydrogen-bond donors (Lipinski definition) is 1. The summed E-state index contributed by atoms with van der Waals surface area (Å²) in [5, 5.41) is 0. The standard InChI is InChI=1S/C13H22N2O/c1-2-3-13(14)12-6-7-15(8-12)10-16-9-11-4-5-11/h6-8,11,13H,2-5,9-10,14H2,1H3. The topological polar surface area (TPSA) is 40.2 Å². The van der Waals surface area contributed by atoms with E-state index in [-0.39, 0.29) is 6.04 Å². The Hall–Kier alpha value is -0.800. The van der Waals surface area contributed by atoms with E-state index in [4.69, 9.17) is 10.5 Å². The summed E-state index contributed by atoms with van der Waals surface area (Å²) in [6, 6.07) is 2.27. The Kier molecular flexibility index (Phi) is 4.02. The summed E-state index contributed by atoms with van der Waals surface area (Å²) < 4.78 is 7.70. The van der Waals surface area contributed by atoms with Gasteiger partial charge in [0.15, 0.2) is 0 Å². The number of nitrogens with zero attached hydrogens (tertiary/aromatic N) is 1. The molecule has 1 heterocycles. The second kappa shape index (κ2) is 5.51. The highest BCUT2D eigenvalue weighted by atomic mass is 16.5. The quantitative estimate of drug-likeness (QED) is 0.770. The monoisotopic (exact) mass is 222 g/mol. The molecular formula is C13H22N2O. The van der Waals surface area contributed by atoms with Crippen LogP contribution in [0.25, 0.3) is 0 Å². The van der Waals surface area contributed by atoms with Gasteiger partial charge in [0.1, 0.15) is 6.73 Å². The van der Waals surface area contributed by atoms with Crippen LogP contribution in [-0.4, -0.2) is 11.2 Å². The van der Waals surface area contributed by atoms with Crippen LogP contribution in [0.4, 0.5) is 0 Å². The lowest BCUT2D eigenvalue weighted by Crippen LogP contribution is -2.09. The third-order valence-corrected chi connectivity index (χ3v) is 3.09.